The van der Waals surface area contributed by atoms with Crippen LogP contribution in [0.15, 0.2) is 20.1 Å². The molecule has 0 bridgehead atoms. The maximum atomic E-state index is 12.2. The second-order valence-electron chi connectivity index (χ2n) is 3.81. The second-order valence-corrected chi connectivity index (χ2v) is 7.72. The zero-order valence-electron chi connectivity index (χ0n) is 8.31. The predicted octanol–water partition coefficient (Wildman–Crippen LogP) is 2.54. The van der Waals surface area contributed by atoms with Gasteiger partial charge in [-0.1, -0.05) is 6.92 Å². The minimum absolute atomic E-state index is 0.427. The number of rotatable bonds is 2. The van der Waals surface area contributed by atoms with Crippen molar-refractivity contribution in [2.45, 2.75) is 17.6 Å². The molecule has 1 aliphatic heterocycles. The minimum atomic E-state index is -3.25. The van der Waals surface area contributed by atoms with Gasteiger partial charge < -0.3 is 0 Å². The highest BCUT2D eigenvalue weighted by molar-refractivity contribution is 9.10. The Labute approximate surface area is 102 Å². The molecule has 1 atom stereocenters. The van der Waals surface area contributed by atoms with Gasteiger partial charge in [0.15, 0.2) is 0 Å². The smallest absolute Gasteiger partial charge is 0.206 e. The molecular formula is C9H12BrNO2S2. The van der Waals surface area contributed by atoms with E-state index in [2.05, 4.69) is 22.9 Å². The highest BCUT2D eigenvalue weighted by Crippen LogP contribution is 2.32. The molecule has 1 saturated heterocycles. The van der Waals surface area contributed by atoms with E-state index in [0.29, 0.717) is 27.7 Å². The second kappa shape index (κ2) is 4.16. The maximum Gasteiger partial charge on any atom is 0.253 e. The van der Waals surface area contributed by atoms with Crippen molar-refractivity contribution in [1.29, 1.82) is 0 Å². The van der Waals surface area contributed by atoms with Crippen molar-refractivity contribution >= 4 is 37.3 Å². The molecule has 0 aromatic carbocycles. The fraction of sp³-hybridized carbons (Fsp3) is 0.556. The van der Waals surface area contributed by atoms with Crippen molar-refractivity contribution in [3.63, 3.8) is 0 Å². The third-order valence-corrected chi connectivity index (χ3v) is 7.06. The number of halogens is 1. The van der Waals surface area contributed by atoms with Gasteiger partial charge in [-0.25, -0.2) is 8.42 Å². The third kappa shape index (κ3) is 2.13. The lowest BCUT2D eigenvalue weighted by Crippen LogP contribution is -2.28. The van der Waals surface area contributed by atoms with Crippen LogP contribution < -0.4 is 0 Å². The molecule has 6 heteroatoms. The molecule has 2 rings (SSSR count). The van der Waals surface area contributed by atoms with Gasteiger partial charge in [0, 0.05) is 17.6 Å². The highest BCUT2D eigenvalue weighted by atomic mass is 79.9. The van der Waals surface area contributed by atoms with E-state index in [1.165, 1.54) is 11.3 Å². The van der Waals surface area contributed by atoms with Gasteiger partial charge in [0.2, 0.25) is 0 Å². The monoisotopic (exact) mass is 309 g/mol. The SMILES string of the molecule is CC1CCN(S(=O)(=O)c2sccc2Br)C1. The first-order chi connectivity index (χ1) is 7.01. The summed E-state index contributed by atoms with van der Waals surface area (Å²) < 4.78 is 27.0. The molecule has 1 aromatic heterocycles. The number of hydrogen-bond donors (Lipinski definition) is 0. The first-order valence-electron chi connectivity index (χ1n) is 4.75. The van der Waals surface area contributed by atoms with Crippen molar-refractivity contribution in [3.8, 4) is 0 Å². The molecule has 1 aliphatic rings. The Morgan fingerprint density at radius 1 is 1.60 bits per heavy atom. The fourth-order valence-electron chi connectivity index (χ4n) is 1.69. The molecule has 0 aliphatic carbocycles. The average molecular weight is 310 g/mol. The Morgan fingerprint density at radius 3 is 2.80 bits per heavy atom. The van der Waals surface area contributed by atoms with Crippen molar-refractivity contribution in [1.82, 2.24) is 4.31 Å². The van der Waals surface area contributed by atoms with Gasteiger partial charge in [-0.2, -0.15) is 4.31 Å². The standard InChI is InChI=1S/C9H12BrNO2S2/c1-7-2-4-11(6-7)15(12,13)9-8(10)3-5-14-9/h3,5,7H,2,4,6H2,1H3. The molecule has 0 spiro atoms. The topological polar surface area (TPSA) is 37.4 Å². The molecule has 0 radical (unpaired) electrons. The van der Waals surface area contributed by atoms with Crippen LogP contribution in [0.4, 0.5) is 0 Å². The number of nitrogens with zero attached hydrogens (tertiary/aromatic N) is 1. The normalized spacial score (nSPS) is 23.5. The van der Waals surface area contributed by atoms with Gasteiger partial charge in [-0.05, 0) is 39.7 Å². The van der Waals surface area contributed by atoms with Gasteiger partial charge in [0.1, 0.15) is 4.21 Å². The highest BCUT2D eigenvalue weighted by Gasteiger charge is 2.32. The molecule has 0 saturated carbocycles. The molecule has 15 heavy (non-hydrogen) atoms. The van der Waals surface area contributed by atoms with Crippen molar-refractivity contribution in [2.75, 3.05) is 13.1 Å². The van der Waals surface area contributed by atoms with Crippen molar-refractivity contribution in [3.05, 3.63) is 15.9 Å². The zero-order chi connectivity index (χ0) is 11.1. The molecular weight excluding hydrogens is 298 g/mol. The summed E-state index contributed by atoms with van der Waals surface area (Å²) in [5, 5.41) is 1.79. The molecule has 0 amide bonds. The lowest BCUT2D eigenvalue weighted by atomic mass is 10.2. The fourth-order valence-corrected chi connectivity index (χ4v) is 5.72. The molecule has 1 aromatic rings. The summed E-state index contributed by atoms with van der Waals surface area (Å²) in [6.45, 7) is 3.37. The molecule has 84 valence electrons. The van der Waals surface area contributed by atoms with Crippen molar-refractivity contribution < 1.29 is 8.42 Å². The van der Waals surface area contributed by atoms with E-state index >= 15 is 0 Å². The minimum Gasteiger partial charge on any atom is -0.206 e. The van der Waals surface area contributed by atoms with Crippen LogP contribution in [-0.2, 0) is 10.0 Å². The lowest BCUT2D eigenvalue weighted by molar-refractivity contribution is 0.466. The first-order valence-corrected chi connectivity index (χ1v) is 7.86. The maximum absolute atomic E-state index is 12.2. The number of hydrogen-bond acceptors (Lipinski definition) is 3. The Morgan fingerprint density at radius 2 is 2.33 bits per heavy atom. The van der Waals surface area contributed by atoms with Crippen LogP contribution in [0.25, 0.3) is 0 Å². The quantitative estimate of drug-likeness (QED) is 0.842. The van der Waals surface area contributed by atoms with E-state index in [1.807, 2.05) is 0 Å². The molecule has 2 heterocycles. The lowest BCUT2D eigenvalue weighted by Gasteiger charge is -2.14. The summed E-state index contributed by atoms with van der Waals surface area (Å²) in [5.41, 5.74) is 0. The molecule has 1 fully saturated rings. The van der Waals surface area contributed by atoms with Gasteiger partial charge in [0.25, 0.3) is 10.0 Å². The first kappa shape index (κ1) is 11.6. The summed E-state index contributed by atoms with van der Waals surface area (Å²) in [6.07, 6.45) is 0.961. The zero-order valence-corrected chi connectivity index (χ0v) is 11.5. The van der Waals surface area contributed by atoms with E-state index in [9.17, 15) is 8.42 Å². The van der Waals surface area contributed by atoms with Crippen LogP contribution in [-0.4, -0.2) is 25.8 Å². The van der Waals surface area contributed by atoms with E-state index in [-0.39, 0.29) is 0 Å². The van der Waals surface area contributed by atoms with Gasteiger partial charge in [-0.3, -0.25) is 0 Å². The molecule has 3 nitrogen and oxygen atoms in total. The Kier molecular flexibility index (Phi) is 3.21. The summed E-state index contributed by atoms with van der Waals surface area (Å²) in [6, 6.07) is 1.77. The van der Waals surface area contributed by atoms with E-state index in [0.717, 1.165) is 6.42 Å². The Balaban J connectivity index is 2.32. The third-order valence-electron chi connectivity index (χ3n) is 2.55. The van der Waals surface area contributed by atoms with Gasteiger partial charge >= 0.3 is 0 Å². The predicted molar refractivity (Wildman–Crippen MR) is 64.6 cm³/mol. The van der Waals surface area contributed by atoms with Crippen LogP contribution in [0.3, 0.4) is 0 Å². The average Bonchev–Trinajstić information content (AvgIpc) is 2.74. The van der Waals surface area contributed by atoms with Crippen LogP contribution in [0.1, 0.15) is 13.3 Å². The Hall–Kier alpha value is 0.0900. The van der Waals surface area contributed by atoms with Gasteiger partial charge in [0.05, 0.1) is 0 Å². The van der Waals surface area contributed by atoms with Crippen LogP contribution in [0, 0.1) is 5.92 Å². The summed E-state index contributed by atoms with van der Waals surface area (Å²) in [7, 11) is -3.25. The molecule has 1 unspecified atom stereocenters. The van der Waals surface area contributed by atoms with E-state index in [1.54, 1.807) is 15.8 Å². The summed E-state index contributed by atoms with van der Waals surface area (Å²) in [4.78, 5) is 0. The summed E-state index contributed by atoms with van der Waals surface area (Å²) in [5.74, 6) is 0.471. The molecule has 0 N–H and O–H groups in total. The van der Waals surface area contributed by atoms with E-state index < -0.39 is 10.0 Å². The largest absolute Gasteiger partial charge is 0.253 e. The van der Waals surface area contributed by atoms with Crippen LogP contribution in [0.5, 0.6) is 0 Å². The van der Waals surface area contributed by atoms with Crippen LogP contribution >= 0.6 is 27.3 Å². The van der Waals surface area contributed by atoms with Crippen LogP contribution in [0.2, 0.25) is 0 Å². The number of sulfonamides is 1. The number of thiophene rings is 1. The van der Waals surface area contributed by atoms with Crippen molar-refractivity contribution in [2.24, 2.45) is 5.92 Å². The summed E-state index contributed by atoms with van der Waals surface area (Å²) >= 11 is 4.54. The van der Waals surface area contributed by atoms with Gasteiger partial charge in [-0.15, -0.1) is 11.3 Å². The Bertz CT molecular complexity index is 454. The van der Waals surface area contributed by atoms with E-state index in [4.69, 9.17) is 0 Å².